The second-order valence-corrected chi connectivity index (χ2v) is 3.97. The van der Waals surface area contributed by atoms with E-state index in [4.69, 9.17) is 4.74 Å². The molecule has 1 N–H and O–H groups in total. The largest absolute Gasteiger partial charge is 0.491 e. The van der Waals surface area contributed by atoms with Crippen LogP contribution >= 0.6 is 0 Å². The van der Waals surface area contributed by atoms with Gasteiger partial charge in [0, 0.05) is 18.5 Å². The molecular formula is C13H16N2O2. The van der Waals surface area contributed by atoms with Crippen LogP contribution in [0, 0.1) is 0 Å². The summed E-state index contributed by atoms with van der Waals surface area (Å²) in [6.07, 6.45) is 4.44. The van der Waals surface area contributed by atoms with Crippen LogP contribution in [0.5, 0.6) is 5.75 Å². The molecule has 4 heteroatoms. The van der Waals surface area contributed by atoms with Gasteiger partial charge in [-0.15, -0.1) is 0 Å². The minimum atomic E-state index is -0.148. The summed E-state index contributed by atoms with van der Waals surface area (Å²) >= 11 is 0. The van der Waals surface area contributed by atoms with Crippen molar-refractivity contribution in [3.63, 3.8) is 0 Å². The number of nitrogens with one attached hydrogen (secondary N) is 1. The SMILES string of the molecule is CCC(C)Oc1cccc(-n2cc[nH]c2=O)c1. The van der Waals surface area contributed by atoms with Crippen molar-refractivity contribution in [2.24, 2.45) is 0 Å². The second-order valence-electron chi connectivity index (χ2n) is 3.97. The van der Waals surface area contributed by atoms with Gasteiger partial charge in [0.2, 0.25) is 0 Å². The normalized spacial score (nSPS) is 12.4. The summed E-state index contributed by atoms with van der Waals surface area (Å²) in [5.74, 6) is 0.782. The smallest absolute Gasteiger partial charge is 0.330 e. The number of H-pyrrole nitrogens is 1. The van der Waals surface area contributed by atoms with Gasteiger partial charge in [-0.05, 0) is 25.5 Å². The number of ether oxygens (including phenoxy) is 1. The molecule has 1 aromatic heterocycles. The van der Waals surface area contributed by atoms with Gasteiger partial charge in [0.1, 0.15) is 5.75 Å². The van der Waals surface area contributed by atoms with Crippen LogP contribution in [0.2, 0.25) is 0 Å². The number of aromatic nitrogens is 2. The summed E-state index contributed by atoms with van der Waals surface area (Å²) in [5, 5.41) is 0. The molecule has 1 heterocycles. The molecule has 1 atom stereocenters. The van der Waals surface area contributed by atoms with Crippen LogP contribution < -0.4 is 10.4 Å². The number of benzene rings is 1. The lowest BCUT2D eigenvalue weighted by Gasteiger charge is -2.13. The molecule has 17 heavy (non-hydrogen) atoms. The van der Waals surface area contributed by atoms with E-state index in [2.05, 4.69) is 11.9 Å². The maximum Gasteiger partial charge on any atom is 0.330 e. The first-order valence-electron chi connectivity index (χ1n) is 5.74. The van der Waals surface area contributed by atoms with E-state index in [1.165, 1.54) is 0 Å². The summed E-state index contributed by atoms with van der Waals surface area (Å²) in [5.41, 5.74) is 0.655. The lowest BCUT2D eigenvalue weighted by molar-refractivity contribution is 0.217. The molecule has 0 spiro atoms. The van der Waals surface area contributed by atoms with Crippen LogP contribution in [0.3, 0.4) is 0 Å². The molecule has 0 amide bonds. The molecule has 2 rings (SSSR count). The van der Waals surface area contributed by atoms with Gasteiger partial charge in [-0.2, -0.15) is 0 Å². The van der Waals surface area contributed by atoms with Crippen molar-refractivity contribution in [1.82, 2.24) is 9.55 Å². The van der Waals surface area contributed by atoms with Crippen molar-refractivity contribution in [3.8, 4) is 11.4 Å². The van der Waals surface area contributed by atoms with E-state index in [1.54, 1.807) is 17.0 Å². The zero-order valence-corrected chi connectivity index (χ0v) is 10.0. The Morgan fingerprint density at radius 1 is 1.47 bits per heavy atom. The average molecular weight is 232 g/mol. The molecule has 0 bridgehead atoms. The highest BCUT2D eigenvalue weighted by molar-refractivity contribution is 5.39. The molecule has 1 aromatic carbocycles. The third kappa shape index (κ3) is 2.58. The third-order valence-corrected chi connectivity index (χ3v) is 2.66. The summed E-state index contributed by atoms with van der Waals surface area (Å²) in [7, 11) is 0. The fourth-order valence-corrected chi connectivity index (χ4v) is 1.55. The highest BCUT2D eigenvalue weighted by Gasteiger charge is 2.04. The standard InChI is InChI=1S/C13H16N2O2/c1-3-10(2)17-12-6-4-5-11(9-12)15-8-7-14-13(15)16/h4-10H,3H2,1-2H3,(H,14,16). The fraction of sp³-hybridized carbons (Fsp3) is 0.308. The van der Waals surface area contributed by atoms with E-state index in [0.29, 0.717) is 0 Å². The number of aromatic amines is 1. The Morgan fingerprint density at radius 3 is 2.94 bits per heavy atom. The number of hydrogen-bond acceptors (Lipinski definition) is 2. The number of imidazole rings is 1. The third-order valence-electron chi connectivity index (χ3n) is 2.66. The molecule has 2 aromatic rings. The van der Waals surface area contributed by atoms with Gasteiger partial charge >= 0.3 is 5.69 Å². The first-order valence-corrected chi connectivity index (χ1v) is 5.74. The molecule has 90 valence electrons. The summed E-state index contributed by atoms with van der Waals surface area (Å²) in [4.78, 5) is 14.1. The summed E-state index contributed by atoms with van der Waals surface area (Å²) in [6, 6.07) is 7.51. The Labute approximate surface area is 99.9 Å². The van der Waals surface area contributed by atoms with Crippen molar-refractivity contribution in [3.05, 3.63) is 47.1 Å². The minimum absolute atomic E-state index is 0.148. The Kier molecular flexibility index (Phi) is 3.32. The molecule has 1 unspecified atom stereocenters. The van der Waals surface area contributed by atoms with Gasteiger partial charge in [0.25, 0.3) is 0 Å². The number of hydrogen-bond donors (Lipinski definition) is 1. The van der Waals surface area contributed by atoms with Crippen LogP contribution in [-0.2, 0) is 0 Å². The maximum atomic E-state index is 11.5. The summed E-state index contributed by atoms with van der Waals surface area (Å²) < 4.78 is 7.26. The van der Waals surface area contributed by atoms with Gasteiger partial charge in [0.15, 0.2) is 0 Å². The zero-order valence-electron chi connectivity index (χ0n) is 10.0. The van der Waals surface area contributed by atoms with E-state index in [1.807, 2.05) is 31.2 Å². The zero-order chi connectivity index (χ0) is 12.3. The quantitative estimate of drug-likeness (QED) is 0.879. The van der Waals surface area contributed by atoms with Crippen LogP contribution in [0.25, 0.3) is 5.69 Å². The fourth-order valence-electron chi connectivity index (χ4n) is 1.55. The van der Waals surface area contributed by atoms with E-state index in [0.717, 1.165) is 17.9 Å². The molecule has 0 saturated carbocycles. The predicted molar refractivity (Wildman–Crippen MR) is 66.8 cm³/mol. The highest BCUT2D eigenvalue weighted by atomic mass is 16.5. The predicted octanol–water partition coefficient (Wildman–Crippen LogP) is 2.34. The molecule has 0 saturated heterocycles. The second kappa shape index (κ2) is 4.91. The van der Waals surface area contributed by atoms with Crippen molar-refractivity contribution in [1.29, 1.82) is 0 Å². The Bertz CT molecular complexity index is 542. The van der Waals surface area contributed by atoms with Gasteiger partial charge in [0.05, 0.1) is 11.8 Å². The van der Waals surface area contributed by atoms with Gasteiger partial charge in [-0.1, -0.05) is 13.0 Å². The monoisotopic (exact) mass is 232 g/mol. The molecule has 0 aliphatic carbocycles. The van der Waals surface area contributed by atoms with Gasteiger partial charge in [-0.3, -0.25) is 4.57 Å². The lowest BCUT2D eigenvalue weighted by atomic mass is 10.2. The average Bonchev–Trinajstić information content (AvgIpc) is 2.75. The molecule has 4 nitrogen and oxygen atoms in total. The van der Waals surface area contributed by atoms with Crippen LogP contribution in [0.4, 0.5) is 0 Å². The van der Waals surface area contributed by atoms with Gasteiger partial charge < -0.3 is 9.72 Å². The molecule has 0 fully saturated rings. The summed E-state index contributed by atoms with van der Waals surface area (Å²) in [6.45, 7) is 4.10. The van der Waals surface area contributed by atoms with Gasteiger partial charge in [-0.25, -0.2) is 4.79 Å². The lowest BCUT2D eigenvalue weighted by Crippen LogP contribution is -2.14. The van der Waals surface area contributed by atoms with Crippen molar-refractivity contribution >= 4 is 0 Å². The van der Waals surface area contributed by atoms with E-state index < -0.39 is 0 Å². The van der Waals surface area contributed by atoms with Crippen LogP contribution in [-0.4, -0.2) is 15.7 Å². The highest BCUT2D eigenvalue weighted by Crippen LogP contribution is 2.17. The van der Waals surface area contributed by atoms with Crippen molar-refractivity contribution in [2.75, 3.05) is 0 Å². The number of nitrogens with zero attached hydrogens (tertiary/aromatic N) is 1. The molecule has 0 aliphatic rings. The number of rotatable bonds is 4. The van der Waals surface area contributed by atoms with E-state index >= 15 is 0 Å². The maximum absolute atomic E-state index is 11.5. The topological polar surface area (TPSA) is 47.0 Å². The Morgan fingerprint density at radius 2 is 2.29 bits per heavy atom. The van der Waals surface area contributed by atoms with Crippen molar-refractivity contribution in [2.45, 2.75) is 26.4 Å². The van der Waals surface area contributed by atoms with Crippen LogP contribution in [0.15, 0.2) is 41.5 Å². The minimum Gasteiger partial charge on any atom is -0.491 e. The Balaban J connectivity index is 2.29. The van der Waals surface area contributed by atoms with Crippen LogP contribution in [0.1, 0.15) is 20.3 Å². The first kappa shape index (κ1) is 11.5. The first-order chi connectivity index (χ1) is 8.20. The van der Waals surface area contributed by atoms with E-state index in [-0.39, 0.29) is 11.8 Å². The molecule has 0 aliphatic heterocycles. The molecular weight excluding hydrogens is 216 g/mol. The van der Waals surface area contributed by atoms with Crippen molar-refractivity contribution < 1.29 is 4.74 Å². The molecule has 0 radical (unpaired) electrons. The van der Waals surface area contributed by atoms with E-state index in [9.17, 15) is 4.79 Å². The Hall–Kier alpha value is -1.97.